The zero-order valence-corrected chi connectivity index (χ0v) is 12.7. The average Bonchev–Trinajstić information content (AvgIpc) is 2.48. The molecule has 0 aliphatic heterocycles. The molecule has 0 fully saturated rings. The van der Waals surface area contributed by atoms with E-state index in [1.807, 2.05) is 57.2 Å². The molecule has 110 valence electrons. The van der Waals surface area contributed by atoms with Gasteiger partial charge in [0, 0.05) is 24.5 Å². The van der Waals surface area contributed by atoms with Crippen molar-refractivity contribution in [3.05, 3.63) is 59.4 Å². The third-order valence-corrected chi connectivity index (χ3v) is 3.40. The Kier molecular flexibility index (Phi) is 4.70. The fraction of sp³-hybridized carbons (Fsp3) is 0.294. The summed E-state index contributed by atoms with van der Waals surface area (Å²) in [5.41, 5.74) is 8.90. The number of aryl methyl sites for hydroxylation is 1. The van der Waals surface area contributed by atoms with Gasteiger partial charge in [-0.1, -0.05) is 18.2 Å². The molecule has 0 saturated carbocycles. The van der Waals surface area contributed by atoms with Crippen LogP contribution in [-0.2, 0) is 6.54 Å². The second-order valence-corrected chi connectivity index (χ2v) is 5.31. The van der Waals surface area contributed by atoms with E-state index in [1.54, 1.807) is 11.1 Å². The van der Waals surface area contributed by atoms with Crippen LogP contribution in [0.4, 0.5) is 5.69 Å². The number of nitrogens with zero attached hydrogens (tertiary/aromatic N) is 2. The topological polar surface area (TPSA) is 59.2 Å². The predicted octanol–water partition coefficient (Wildman–Crippen LogP) is 2.90. The van der Waals surface area contributed by atoms with Crippen molar-refractivity contribution in [1.29, 1.82) is 0 Å². The summed E-state index contributed by atoms with van der Waals surface area (Å²) in [4.78, 5) is 18.8. The molecule has 4 heteroatoms. The number of carbonyl (C=O) groups is 1. The van der Waals surface area contributed by atoms with Crippen molar-refractivity contribution in [2.75, 3.05) is 4.90 Å². The van der Waals surface area contributed by atoms with E-state index in [1.165, 1.54) is 0 Å². The molecule has 0 unspecified atom stereocenters. The van der Waals surface area contributed by atoms with Gasteiger partial charge >= 0.3 is 0 Å². The molecular formula is C17H21N3O. The van der Waals surface area contributed by atoms with Crippen LogP contribution in [0.15, 0.2) is 42.6 Å². The summed E-state index contributed by atoms with van der Waals surface area (Å²) >= 11 is 0. The van der Waals surface area contributed by atoms with Gasteiger partial charge in [-0.05, 0) is 50.1 Å². The van der Waals surface area contributed by atoms with Crippen molar-refractivity contribution in [2.24, 2.45) is 5.73 Å². The van der Waals surface area contributed by atoms with E-state index in [-0.39, 0.29) is 11.9 Å². The molecule has 0 radical (unpaired) electrons. The molecule has 1 aromatic carbocycles. The first-order valence-electron chi connectivity index (χ1n) is 7.08. The molecule has 1 aromatic heterocycles. The number of aromatic nitrogens is 1. The quantitative estimate of drug-likeness (QED) is 0.938. The Morgan fingerprint density at radius 2 is 1.90 bits per heavy atom. The van der Waals surface area contributed by atoms with Crippen LogP contribution in [0, 0.1) is 6.92 Å². The van der Waals surface area contributed by atoms with Crippen molar-refractivity contribution in [3.63, 3.8) is 0 Å². The molecule has 0 saturated heterocycles. The Labute approximate surface area is 125 Å². The fourth-order valence-corrected chi connectivity index (χ4v) is 2.27. The van der Waals surface area contributed by atoms with Crippen LogP contribution in [0.3, 0.4) is 0 Å². The average molecular weight is 283 g/mol. The maximum Gasteiger partial charge on any atom is 0.277 e. The largest absolute Gasteiger partial charge is 0.326 e. The molecule has 2 rings (SSSR count). The standard InChI is InChI=1S/C17H21N3O/c1-12(2)20(15-8-6-14(11-18)7-9-15)17(21)16-13(3)5-4-10-19-16/h4-10,12H,11,18H2,1-3H3. The van der Waals surface area contributed by atoms with Crippen molar-refractivity contribution in [3.8, 4) is 0 Å². The first-order valence-corrected chi connectivity index (χ1v) is 7.08. The van der Waals surface area contributed by atoms with E-state index in [0.717, 1.165) is 16.8 Å². The SMILES string of the molecule is Cc1cccnc1C(=O)N(c1ccc(CN)cc1)C(C)C. The summed E-state index contributed by atoms with van der Waals surface area (Å²) in [7, 11) is 0. The lowest BCUT2D eigenvalue weighted by Crippen LogP contribution is -2.37. The van der Waals surface area contributed by atoms with Crippen LogP contribution in [0.25, 0.3) is 0 Å². The lowest BCUT2D eigenvalue weighted by Gasteiger charge is -2.27. The van der Waals surface area contributed by atoms with Gasteiger partial charge in [-0.25, -0.2) is 0 Å². The van der Waals surface area contributed by atoms with Gasteiger partial charge in [-0.3, -0.25) is 9.78 Å². The summed E-state index contributed by atoms with van der Waals surface area (Å²) in [6.07, 6.45) is 1.65. The molecule has 0 aliphatic rings. The van der Waals surface area contributed by atoms with E-state index in [9.17, 15) is 4.79 Å². The Morgan fingerprint density at radius 3 is 2.43 bits per heavy atom. The van der Waals surface area contributed by atoms with Gasteiger partial charge in [0.15, 0.2) is 0 Å². The Morgan fingerprint density at radius 1 is 1.24 bits per heavy atom. The summed E-state index contributed by atoms with van der Waals surface area (Å²) < 4.78 is 0. The lowest BCUT2D eigenvalue weighted by molar-refractivity contribution is 0.0975. The molecule has 4 nitrogen and oxygen atoms in total. The maximum atomic E-state index is 12.8. The molecule has 1 heterocycles. The first kappa shape index (κ1) is 15.2. The number of amides is 1. The van der Waals surface area contributed by atoms with Crippen molar-refractivity contribution >= 4 is 11.6 Å². The van der Waals surface area contributed by atoms with Crippen molar-refractivity contribution < 1.29 is 4.79 Å². The third kappa shape index (κ3) is 3.28. The van der Waals surface area contributed by atoms with E-state index < -0.39 is 0 Å². The van der Waals surface area contributed by atoms with Crippen LogP contribution >= 0.6 is 0 Å². The number of anilines is 1. The zero-order chi connectivity index (χ0) is 15.4. The lowest BCUT2D eigenvalue weighted by atomic mass is 10.1. The van der Waals surface area contributed by atoms with Crippen LogP contribution in [0.2, 0.25) is 0 Å². The van der Waals surface area contributed by atoms with Crippen LogP contribution in [0.5, 0.6) is 0 Å². The maximum absolute atomic E-state index is 12.8. The second-order valence-electron chi connectivity index (χ2n) is 5.31. The molecule has 2 N–H and O–H groups in total. The third-order valence-electron chi connectivity index (χ3n) is 3.40. The highest BCUT2D eigenvalue weighted by Gasteiger charge is 2.22. The molecule has 0 bridgehead atoms. The van der Waals surface area contributed by atoms with Crippen LogP contribution in [-0.4, -0.2) is 16.9 Å². The fourth-order valence-electron chi connectivity index (χ4n) is 2.27. The van der Waals surface area contributed by atoms with Gasteiger partial charge in [0.25, 0.3) is 5.91 Å². The number of nitrogens with two attached hydrogens (primary N) is 1. The molecule has 0 spiro atoms. The molecule has 2 aromatic rings. The van der Waals surface area contributed by atoms with Gasteiger partial charge < -0.3 is 10.6 Å². The highest BCUT2D eigenvalue weighted by Crippen LogP contribution is 2.21. The van der Waals surface area contributed by atoms with Crippen molar-refractivity contribution in [1.82, 2.24) is 4.98 Å². The minimum absolute atomic E-state index is 0.0441. The summed E-state index contributed by atoms with van der Waals surface area (Å²) in [5.74, 6) is -0.0800. The molecular weight excluding hydrogens is 262 g/mol. The minimum Gasteiger partial charge on any atom is -0.326 e. The normalized spacial score (nSPS) is 10.7. The number of rotatable bonds is 4. The van der Waals surface area contributed by atoms with Crippen molar-refractivity contribution in [2.45, 2.75) is 33.4 Å². The van der Waals surface area contributed by atoms with Gasteiger partial charge in [0.1, 0.15) is 5.69 Å². The number of pyridine rings is 1. The molecule has 0 aliphatic carbocycles. The summed E-state index contributed by atoms with van der Waals surface area (Å²) in [6.45, 7) is 6.38. The Balaban J connectivity index is 2.39. The van der Waals surface area contributed by atoms with Crippen LogP contribution in [0.1, 0.15) is 35.5 Å². The number of hydrogen-bond donors (Lipinski definition) is 1. The van der Waals surface area contributed by atoms with Gasteiger partial charge in [-0.15, -0.1) is 0 Å². The molecule has 21 heavy (non-hydrogen) atoms. The van der Waals surface area contributed by atoms with Gasteiger partial charge in [-0.2, -0.15) is 0 Å². The Bertz CT molecular complexity index is 620. The smallest absolute Gasteiger partial charge is 0.277 e. The van der Waals surface area contributed by atoms with Gasteiger partial charge in [0.05, 0.1) is 0 Å². The summed E-state index contributed by atoms with van der Waals surface area (Å²) in [6, 6.07) is 11.5. The number of carbonyl (C=O) groups excluding carboxylic acids is 1. The Hall–Kier alpha value is -2.20. The molecule has 1 amide bonds. The second kappa shape index (κ2) is 6.50. The predicted molar refractivity (Wildman–Crippen MR) is 85.3 cm³/mol. The molecule has 0 atom stereocenters. The van der Waals surface area contributed by atoms with E-state index in [4.69, 9.17) is 5.73 Å². The minimum atomic E-state index is -0.0800. The van der Waals surface area contributed by atoms with E-state index in [0.29, 0.717) is 12.2 Å². The van der Waals surface area contributed by atoms with Crippen LogP contribution < -0.4 is 10.6 Å². The zero-order valence-electron chi connectivity index (χ0n) is 12.7. The van der Waals surface area contributed by atoms with E-state index in [2.05, 4.69) is 4.98 Å². The number of benzene rings is 1. The van der Waals surface area contributed by atoms with E-state index >= 15 is 0 Å². The van der Waals surface area contributed by atoms with Gasteiger partial charge in [0.2, 0.25) is 0 Å². The first-order chi connectivity index (χ1) is 10.0. The highest BCUT2D eigenvalue weighted by atomic mass is 16.2. The monoisotopic (exact) mass is 283 g/mol. The highest BCUT2D eigenvalue weighted by molar-refractivity contribution is 6.06. The summed E-state index contributed by atoms with van der Waals surface area (Å²) in [5, 5.41) is 0. The number of hydrogen-bond acceptors (Lipinski definition) is 3.